The number of aliphatic carboxylic acids is 1. The van der Waals surface area contributed by atoms with Gasteiger partial charge in [-0.3, -0.25) is 4.79 Å². The number of hydrogen-bond acceptors (Lipinski definition) is 2. The van der Waals surface area contributed by atoms with Crippen molar-refractivity contribution in [2.45, 2.75) is 39.2 Å². The van der Waals surface area contributed by atoms with Crippen molar-refractivity contribution in [2.75, 3.05) is 0 Å². The van der Waals surface area contributed by atoms with Crippen molar-refractivity contribution in [3.8, 4) is 0 Å². The Hall–Kier alpha value is -1.55. The summed E-state index contributed by atoms with van der Waals surface area (Å²) in [5, 5.41) is 12.1. The lowest BCUT2D eigenvalue weighted by Crippen LogP contribution is -2.52. The fourth-order valence-corrected chi connectivity index (χ4v) is 2.17. The Morgan fingerprint density at radius 1 is 1.42 bits per heavy atom. The van der Waals surface area contributed by atoms with Crippen molar-refractivity contribution in [2.24, 2.45) is 0 Å². The first kappa shape index (κ1) is 15.5. The Kier molecular flexibility index (Phi) is 4.95. The Morgan fingerprint density at radius 2 is 2.05 bits per heavy atom. The minimum atomic E-state index is -1.28. The molecule has 1 atom stereocenters. The van der Waals surface area contributed by atoms with Crippen LogP contribution in [0.3, 0.4) is 0 Å². The van der Waals surface area contributed by atoms with E-state index in [1.165, 1.54) is 6.92 Å². The molecular weight excluding hydrogens is 266 g/mol. The molecule has 0 aliphatic carbocycles. The molecule has 1 unspecified atom stereocenters. The molecule has 1 aromatic rings. The molecule has 0 heterocycles. The molecule has 0 saturated carbocycles. The first-order valence-electron chi connectivity index (χ1n) is 6.12. The lowest BCUT2D eigenvalue weighted by Gasteiger charge is -2.26. The molecule has 1 rings (SSSR count). The number of hydrogen-bond donors (Lipinski definition) is 2. The zero-order chi connectivity index (χ0) is 14.6. The fourth-order valence-electron chi connectivity index (χ4n) is 1.85. The summed E-state index contributed by atoms with van der Waals surface area (Å²) in [6.07, 6.45) is 1.02. The second-order valence-electron chi connectivity index (χ2n) is 4.82. The van der Waals surface area contributed by atoms with Gasteiger partial charge >= 0.3 is 5.97 Å². The van der Waals surface area contributed by atoms with Gasteiger partial charge in [-0.15, -0.1) is 0 Å². The molecule has 0 aromatic heterocycles. The van der Waals surface area contributed by atoms with Gasteiger partial charge in [0.25, 0.3) is 5.91 Å². The molecule has 0 fully saturated rings. The first-order valence-corrected chi connectivity index (χ1v) is 6.50. The van der Waals surface area contributed by atoms with Crippen LogP contribution >= 0.6 is 11.6 Å². The number of carbonyl (C=O) groups is 2. The van der Waals surface area contributed by atoms with Gasteiger partial charge in [-0.1, -0.05) is 31.0 Å². The maximum atomic E-state index is 12.1. The van der Waals surface area contributed by atoms with Crippen LogP contribution in [0.5, 0.6) is 0 Å². The third-order valence-electron chi connectivity index (χ3n) is 2.98. The number of amides is 1. The topological polar surface area (TPSA) is 66.4 Å². The highest BCUT2D eigenvalue weighted by atomic mass is 35.5. The number of carbonyl (C=O) groups excluding carboxylic acids is 1. The monoisotopic (exact) mass is 283 g/mol. The molecule has 5 heteroatoms. The van der Waals surface area contributed by atoms with Crippen LogP contribution in [-0.2, 0) is 4.79 Å². The predicted molar refractivity (Wildman–Crippen MR) is 74.6 cm³/mol. The summed E-state index contributed by atoms with van der Waals surface area (Å²) in [4.78, 5) is 23.4. The summed E-state index contributed by atoms with van der Waals surface area (Å²) in [5.41, 5.74) is -0.0491. The molecule has 1 amide bonds. The van der Waals surface area contributed by atoms with Gasteiger partial charge in [-0.05, 0) is 38.0 Å². The number of rotatable bonds is 5. The molecule has 2 N–H and O–H groups in total. The van der Waals surface area contributed by atoms with E-state index < -0.39 is 17.4 Å². The van der Waals surface area contributed by atoms with E-state index in [4.69, 9.17) is 11.6 Å². The van der Waals surface area contributed by atoms with Gasteiger partial charge in [-0.2, -0.15) is 0 Å². The number of benzene rings is 1. The van der Waals surface area contributed by atoms with Gasteiger partial charge in [0.05, 0.1) is 10.6 Å². The van der Waals surface area contributed by atoms with Crippen LogP contribution in [0.1, 0.15) is 42.6 Å². The van der Waals surface area contributed by atoms with E-state index in [0.717, 1.165) is 5.56 Å². The van der Waals surface area contributed by atoms with E-state index in [-0.39, 0.29) is 5.56 Å². The largest absolute Gasteiger partial charge is 0.480 e. The number of carboxylic acids is 1. The van der Waals surface area contributed by atoms with Crippen LogP contribution in [-0.4, -0.2) is 22.5 Å². The van der Waals surface area contributed by atoms with Gasteiger partial charge in [0.1, 0.15) is 5.54 Å². The van der Waals surface area contributed by atoms with Crippen molar-refractivity contribution >= 4 is 23.5 Å². The summed E-state index contributed by atoms with van der Waals surface area (Å²) in [7, 11) is 0. The normalized spacial score (nSPS) is 13.7. The van der Waals surface area contributed by atoms with Crippen LogP contribution in [0.4, 0.5) is 0 Å². The van der Waals surface area contributed by atoms with Crippen molar-refractivity contribution in [1.29, 1.82) is 0 Å². The summed E-state index contributed by atoms with van der Waals surface area (Å²) in [6, 6.07) is 5.04. The van der Waals surface area contributed by atoms with Gasteiger partial charge in [0, 0.05) is 0 Å². The lowest BCUT2D eigenvalue weighted by atomic mass is 9.95. The van der Waals surface area contributed by atoms with E-state index in [9.17, 15) is 14.7 Å². The van der Waals surface area contributed by atoms with Crippen molar-refractivity contribution in [1.82, 2.24) is 5.32 Å². The SMILES string of the molecule is CCCC(C)(NC(=O)c1ccc(C)cc1Cl)C(=O)O. The van der Waals surface area contributed by atoms with Crippen LogP contribution < -0.4 is 5.32 Å². The summed E-state index contributed by atoms with van der Waals surface area (Å²) < 4.78 is 0. The molecule has 0 saturated heterocycles. The van der Waals surface area contributed by atoms with Crippen molar-refractivity contribution < 1.29 is 14.7 Å². The molecule has 0 aliphatic heterocycles. The quantitative estimate of drug-likeness (QED) is 0.873. The molecule has 19 heavy (non-hydrogen) atoms. The maximum absolute atomic E-state index is 12.1. The van der Waals surface area contributed by atoms with Crippen LogP contribution in [0.25, 0.3) is 0 Å². The highest BCUT2D eigenvalue weighted by molar-refractivity contribution is 6.34. The predicted octanol–water partition coefficient (Wildman–Crippen LogP) is 3.02. The maximum Gasteiger partial charge on any atom is 0.329 e. The van der Waals surface area contributed by atoms with Crippen LogP contribution in [0, 0.1) is 6.92 Å². The smallest absolute Gasteiger partial charge is 0.329 e. The average molecular weight is 284 g/mol. The molecule has 1 aromatic carbocycles. The number of nitrogens with one attached hydrogen (secondary N) is 1. The van der Waals surface area contributed by atoms with E-state index >= 15 is 0 Å². The minimum Gasteiger partial charge on any atom is -0.480 e. The standard InChI is InChI=1S/C14H18ClNO3/c1-4-7-14(3,13(18)19)16-12(17)10-6-5-9(2)8-11(10)15/h5-6,8H,4,7H2,1-3H3,(H,16,17)(H,18,19). The van der Waals surface area contributed by atoms with Crippen LogP contribution in [0.2, 0.25) is 5.02 Å². The molecule has 0 spiro atoms. The molecule has 4 nitrogen and oxygen atoms in total. The van der Waals surface area contributed by atoms with Gasteiger partial charge in [0.15, 0.2) is 0 Å². The second kappa shape index (κ2) is 6.06. The third-order valence-corrected chi connectivity index (χ3v) is 3.29. The second-order valence-corrected chi connectivity index (χ2v) is 5.23. The van der Waals surface area contributed by atoms with Gasteiger partial charge < -0.3 is 10.4 Å². The summed E-state index contributed by atoms with van der Waals surface area (Å²) >= 11 is 6.00. The Morgan fingerprint density at radius 3 is 2.53 bits per heavy atom. The lowest BCUT2D eigenvalue weighted by molar-refractivity contribution is -0.144. The first-order chi connectivity index (χ1) is 8.80. The average Bonchev–Trinajstić information content (AvgIpc) is 2.28. The van der Waals surface area contributed by atoms with E-state index in [1.54, 1.807) is 18.2 Å². The van der Waals surface area contributed by atoms with Crippen molar-refractivity contribution in [3.05, 3.63) is 34.3 Å². The fraction of sp³-hybridized carbons (Fsp3) is 0.429. The Balaban J connectivity index is 2.97. The number of halogens is 1. The van der Waals surface area contributed by atoms with E-state index in [2.05, 4.69) is 5.32 Å². The number of carboxylic acid groups (broad SMARTS) is 1. The highest BCUT2D eigenvalue weighted by Crippen LogP contribution is 2.20. The summed E-state index contributed by atoms with van der Waals surface area (Å²) in [6.45, 7) is 5.23. The third kappa shape index (κ3) is 3.70. The van der Waals surface area contributed by atoms with Crippen LogP contribution in [0.15, 0.2) is 18.2 Å². The van der Waals surface area contributed by atoms with E-state index in [0.29, 0.717) is 17.9 Å². The van der Waals surface area contributed by atoms with Crippen molar-refractivity contribution in [3.63, 3.8) is 0 Å². The van der Waals surface area contributed by atoms with E-state index in [1.807, 2.05) is 13.8 Å². The molecular formula is C14H18ClNO3. The summed E-state index contributed by atoms with van der Waals surface area (Å²) in [5.74, 6) is -1.52. The zero-order valence-electron chi connectivity index (χ0n) is 11.3. The molecule has 104 valence electrons. The molecule has 0 bridgehead atoms. The Labute approximate surface area is 117 Å². The van der Waals surface area contributed by atoms with Gasteiger partial charge in [0.2, 0.25) is 0 Å². The van der Waals surface area contributed by atoms with Gasteiger partial charge in [-0.25, -0.2) is 4.79 Å². The molecule has 0 radical (unpaired) electrons. The number of aryl methyl sites for hydroxylation is 1. The Bertz CT molecular complexity index is 501. The highest BCUT2D eigenvalue weighted by Gasteiger charge is 2.34. The minimum absolute atomic E-state index is 0.288. The molecule has 0 aliphatic rings. The zero-order valence-corrected chi connectivity index (χ0v) is 12.0.